The lowest BCUT2D eigenvalue weighted by Gasteiger charge is -2.26. The molecule has 3 rings (SSSR count). The number of sulfonamides is 1. The van der Waals surface area contributed by atoms with Gasteiger partial charge in [0.05, 0.1) is 11.5 Å². The Hall–Kier alpha value is -2.38. The van der Waals surface area contributed by atoms with Gasteiger partial charge in [0.2, 0.25) is 15.9 Å². The van der Waals surface area contributed by atoms with E-state index in [1.54, 1.807) is 18.2 Å². The molecule has 0 atom stereocenters. The Labute approximate surface area is 172 Å². The van der Waals surface area contributed by atoms with E-state index in [2.05, 4.69) is 5.32 Å². The zero-order valence-corrected chi connectivity index (χ0v) is 17.6. The van der Waals surface area contributed by atoms with Crippen LogP contribution in [0.2, 0.25) is 0 Å². The van der Waals surface area contributed by atoms with Crippen molar-refractivity contribution < 1.29 is 17.9 Å². The van der Waals surface area contributed by atoms with E-state index < -0.39 is 10.0 Å². The zero-order valence-electron chi connectivity index (χ0n) is 16.8. The van der Waals surface area contributed by atoms with E-state index in [0.29, 0.717) is 31.8 Å². The molecule has 0 aromatic heterocycles. The average Bonchev–Trinajstić information content (AvgIpc) is 2.74. The second-order valence-electron chi connectivity index (χ2n) is 7.08. The van der Waals surface area contributed by atoms with Gasteiger partial charge >= 0.3 is 0 Å². The second kappa shape index (κ2) is 9.89. The molecular weight excluding hydrogens is 388 g/mol. The second-order valence-corrected chi connectivity index (χ2v) is 9.02. The molecule has 1 aliphatic heterocycles. The number of ether oxygens (including phenoxy) is 1. The summed E-state index contributed by atoms with van der Waals surface area (Å²) in [5.74, 6) is 0.626. The molecule has 1 fully saturated rings. The van der Waals surface area contributed by atoms with Crippen molar-refractivity contribution in [2.24, 2.45) is 0 Å². The van der Waals surface area contributed by atoms with Gasteiger partial charge in [-0.15, -0.1) is 0 Å². The minimum Gasteiger partial charge on any atom is -0.494 e. The van der Waals surface area contributed by atoms with Gasteiger partial charge in [0.25, 0.3) is 0 Å². The van der Waals surface area contributed by atoms with E-state index in [1.165, 1.54) is 10.4 Å². The highest BCUT2D eigenvalue weighted by molar-refractivity contribution is 7.89. The van der Waals surface area contributed by atoms with Crippen molar-refractivity contribution >= 4 is 21.6 Å². The summed E-state index contributed by atoms with van der Waals surface area (Å²) >= 11 is 0. The van der Waals surface area contributed by atoms with Gasteiger partial charge in [0.1, 0.15) is 5.75 Å². The first-order chi connectivity index (χ1) is 14.0. The van der Waals surface area contributed by atoms with E-state index in [-0.39, 0.29) is 17.2 Å². The maximum Gasteiger partial charge on any atom is 0.243 e. The fourth-order valence-corrected chi connectivity index (χ4v) is 5.03. The van der Waals surface area contributed by atoms with Crippen molar-refractivity contribution in [2.45, 2.75) is 43.9 Å². The van der Waals surface area contributed by atoms with Crippen LogP contribution in [-0.2, 0) is 21.2 Å². The third-order valence-electron chi connectivity index (χ3n) is 4.96. The summed E-state index contributed by atoms with van der Waals surface area (Å²) in [6.45, 7) is 3.60. The Kier molecular flexibility index (Phi) is 7.28. The van der Waals surface area contributed by atoms with Gasteiger partial charge in [0, 0.05) is 25.2 Å². The quantitative estimate of drug-likeness (QED) is 0.710. The fraction of sp³-hybridized carbons (Fsp3) is 0.409. The van der Waals surface area contributed by atoms with E-state index in [0.717, 1.165) is 30.6 Å². The number of aryl methyl sites for hydroxylation is 1. The topological polar surface area (TPSA) is 75.7 Å². The molecule has 2 aromatic carbocycles. The molecule has 29 heavy (non-hydrogen) atoms. The molecule has 156 valence electrons. The van der Waals surface area contributed by atoms with Crippen LogP contribution >= 0.6 is 0 Å². The minimum atomic E-state index is -3.52. The lowest BCUT2D eigenvalue weighted by molar-refractivity contribution is -0.116. The van der Waals surface area contributed by atoms with Crippen molar-refractivity contribution in [3.8, 4) is 5.75 Å². The van der Waals surface area contributed by atoms with Crippen LogP contribution in [0.15, 0.2) is 53.4 Å². The molecule has 0 saturated carbocycles. The Bertz CT molecular complexity index is 937. The number of amides is 1. The number of hydrogen-bond donors (Lipinski definition) is 1. The van der Waals surface area contributed by atoms with Crippen LogP contribution in [0.5, 0.6) is 5.75 Å². The van der Waals surface area contributed by atoms with Crippen molar-refractivity contribution in [1.29, 1.82) is 0 Å². The number of piperidine rings is 1. The molecule has 1 amide bonds. The van der Waals surface area contributed by atoms with Gasteiger partial charge < -0.3 is 10.1 Å². The highest BCUT2D eigenvalue weighted by Gasteiger charge is 2.26. The minimum absolute atomic E-state index is 0.163. The van der Waals surface area contributed by atoms with Gasteiger partial charge in [-0.1, -0.05) is 30.7 Å². The van der Waals surface area contributed by atoms with Crippen LogP contribution in [0.25, 0.3) is 0 Å². The van der Waals surface area contributed by atoms with E-state index >= 15 is 0 Å². The highest BCUT2D eigenvalue weighted by atomic mass is 32.2. The summed E-state index contributed by atoms with van der Waals surface area (Å²) in [5, 5.41) is 2.82. The molecule has 1 aliphatic rings. The first-order valence-corrected chi connectivity index (χ1v) is 11.6. The number of para-hydroxylation sites is 1. The lowest BCUT2D eigenvalue weighted by Crippen LogP contribution is -2.35. The number of nitrogens with zero attached hydrogens (tertiary/aromatic N) is 1. The predicted molar refractivity (Wildman–Crippen MR) is 114 cm³/mol. The molecule has 0 spiro atoms. The number of carbonyl (C=O) groups excluding carboxylic acids is 1. The standard InChI is InChI=1S/C22H28N2O4S/c1-2-28-21-12-5-4-9-18(21)13-14-22(25)23-19-10-8-11-20(17-19)29(26,27)24-15-6-3-7-16-24/h4-5,8-12,17H,2-3,6-7,13-16H2,1H3,(H,23,25). The first-order valence-electron chi connectivity index (χ1n) is 10.1. The van der Waals surface area contributed by atoms with Gasteiger partial charge in [-0.2, -0.15) is 4.31 Å². The monoisotopic (exact) mass is 416 g/mol. The van der Waals surface area contributed by atoms with Crippen molar-refractivity contribution in [3.63, 3.8) is 0 Å². The SMILES string of the molecule is CCOc1ccccc1CCC(=O)Nc1cccc(S(=O)(=O)N2CCCCC2)c1. The Morgan fingerprint density at radius 1 is 1.07 bits per heavy atom. The summed E-state index contributed by atoms with van der Waals surface area (Å²) in [7, 11) is -3.52. The summed E-state index contributed by atoms with van der Waals surface area (Å²) in [6, 6.07) is 14.2. The third-order valence-corrected chi connectivity index (χ3v) is 6.86. The molecule has 0 radical (unpaired) electrons. The molecule has 2 aromatic rings. The lowest BCUT2D eigenvalue weighted by atomic mass is 10.1. The van der Waals surface area contributed by atoms with Crippen LogP contribution in [0.4, 0.5) is 5.69 Å². The summed E-state index contributed by atoms with van der Waals surface area (Å²) in [6.07, 6.45) is 3.67. The number of anilines is 1. The first kappa shape index (κ1) is 21.3. The van der Waals surface area contributed by atoms with Crippen molar-refractivity contribution in [2.75, 3.05) is 25.0 Å². The number of hydrogen-bond acceptors (Lipinski definition) is 4. The normalized spacial score (nSPS) is 15.1. The van der Waals surface area contributed by atoms with Gasteiger partial charge in [-0.3, -0.25) is 4.79 Å². The maximum absolute atomic E-state index is 12.8. The number of nitrogens with one attached hydrogen (secondary N) is 1. The molecule has 0 aliphatic carbocycles. The van der Waals surface area contributed by atoms with Crippen LogP contribution in [0.3, 0.4) is 0 Å². The van der Waals surface area contributed by atoms with E-state index in [9.17, 15) is 13.2 Å². The van der Waals surface area contributed by atoms with E-state index in [1.807, 2.05) is 31.2 Å². The Morgan fingerprint density at radius 3 is 2.59 bits per heavy atom. The molecule has 1 heterocycles. The molecule has 1 N–H and O–H groups in total. The molecule has 1 saturated heterocycles. The van der Waals surface area contributed by atoms with E-state index in [4.69, 9.17) is 4.74 Å². The summed E-state index contributed by atoms with van der Waals surface area (Å²) in [4.78, 5) is 12.6. The Morgan fingerprint density at radius 2 is 1.83 bits per heavy atom. The van der Waals surface area contributed by atoms with Crippen molar-refractivity contribution in [3.05, 3.63) is 54.1 Å². The predicted octanol–water partition coefficient (Wildman–Crippen LogP) is 3.83. The molecule has 0 unspecified atom stereocenters. The smallest absolute Gasteiger partial charge is 0.243 e. The van der Waals surface area contributed by atoms with Gasteiger partial charge in [0.15, 0.2) is 0 Å². The van der Waals surface area contributed by atoms with Crippen LogP contribution in [0, 0.1) is 0 Å². The van der Waals surface area contributed by atoms with Gasteiger partial charge in [-0.25, -0.2) is 8.42 Å². The molecular formula is C22H28N2O4S. The Balaban J connectivity index is 1.63. The van der Waals surface area contributed by atoms with Crippen LogP contribution in [-0.4, -0.2) is 38.3 Å². The fourth-order valence-electron chi connectivity index (χ4n) is 3.47. The van der Waals surface area contributed by atoms with Crippen molar-refractivity contribution in [1.82, 2.24) is 4.31 Å². The zero-order chi connectivity index (χ0) is 20.7. The summed E-state index contributed by atoms with van der Waals surface area (Å²) < 4.78 is 32.8. The van der Waals surface area contributed by atoms with Crippen LogP contribution in [0.1, 0.15) is 38.2 Å². The van der Waals surface area contributed by atoms with Crippen LogP contribution < -0.4 is 10.1 Å². The largest absolute Gasteiger partial charge is 0.494 e. The number of benzene rings is 2. The number of rotatable bonds is 8. The number of carbonyl (C=O) groups is 1. The van der Waals surface area contributed by atoms with Gasteiger partial charge in [-0.05, 0) is 56.0 Å². The summed E-state index contributed by atoms with van der Waals surface area (Å²) in [5.41, 5.74) is 1.47. The maximum atomic E-state index is 12.8. The molecule has 7 heteroatoms. The molecule has 6 nitrogen and oxygen atoms in total. The average molecular weight is 417 g/mol. The highest BCUT2D eigenvalue weighted by Crippen LogP contribution is 2.23. The third kappa shape index (κ3) is 5.58. The molecule has 0 bridgehead atoms.